The molecule has 290 valence electrons. The van der Waals surface area contributed by atoms with Gasteiger partial charge in [-0.25, -0.2) is 4.98 Å². The normalized spacial score (nSPS) is 14.7. The van der Waals surface area contributed by atoms with Gasteiger partial charge in [0.2, 0.25) is 0 Å². The Morgan fingerprint density at radius 2 is 1.41 bits per heavy atom. The molecule has 0 atom stereocenters. The summed E-state index contributed by atoms with van der Waals surface area (Å²) < 4.78 is 116. The van der Waals surface area contributed by atoms with E-state index < -0.39 is 72.2 Å². The smallest absolute Gasteiger partial charge is 0.268 e. The van der Waals surface area contributed by atoms with Crippen molar-refractivity contribution >= 4 is 32.8 Å². The number of rotatable bonds is 8. The molecule has 6 nitrogen and oxygen atoms in total. The second kappa shape index (κ2) is 15.6. The number of pyridine rings is 2. The van der Waals surface area contributed by atoms with E-state index in [2.05, 4.69) is 28.4 Å². The Labute approximate surface area is 375 Å². The second-order valence-corrected chi connectivity index (χ2v) is 14.5. The van der Waals surface area contributed by atoms with E-state index in [1.807, 2.05) is 61.7 Å². The van der Waals surface area contributed by atoms with Crippen molar-refractivity contribution in [1.82, 2.24) is 19.1 Å². The molecular weight excluding hydrogens is 906 g/mol. The van der Waals surface area contributed by atoms with Crippen LogP contribution in [-0.2, 0) is 27.4 Å². The summed E-state index contributed by atoms with van der Waals surface area (Å²) in [5.74, 6) is 0.849. The van der Waals surface area contributed by atoms with Crippen LogP contribution in [0, 0.1) is 23.9 Å². The van der Waals surface area contributed by atoms with Crippen LogP contribution in [0.4, 0.5) is 0 Å². The Morgan fingerprint density at radius 3 is 2.14 bits per heavy atom. The molecule has 0 unspecified atom stereocenters. The van der Waals surface area contributed by atoms with E-state index in [-0.39, 0.29) is 60.6 Å². The summed E-state index contributed by atoms with van der Waals surface area (Å²) >= 11 is 0. The zero-order chi connectivity index (χ0) is 49.7. The van der Waals surface area contributed by atoms with Gasteiger partial charge in [0, 0.05) is 41.3 Å². The Kier molecular flexibility index (Phi) is 6.99. The van der Waals surface area contributed by atoms with E-state index >= 15 is 0 Å². The first-order valence-corrected chi connectivity index (χ1v) is 18.5. The largest absolute Gasteiger partial charge is 0.484 e. The summed E-state index contributed by atoms with van der Waals surface area (Å²) in [7, 11) is 0. The van der Waals surface area contributed by atoms with E-state index in [1.54, 1.807) is 82.2 Å². The first kappa shape index (κ1) is 26.4. The van der Waals surface area contributed by atoms with Gasteiger partial charge in [-0.05, 0) is 69.7 Å². The van der Waals surface area contributed by atoms with E-state index in [1.165, 1.54) is 0 Å². The van der Waals surface area contributed by atoms with Crippen LogP contribution in [0.15, 0.2) is 170 Å². The van der Waals surface area contributed by atoms with Gasteiger partial charge in [0.15, 0.2) is 0 Å². The minimum absolute atomic E-state index is 0. The summed E-state index contributed by atoms with van der Waals surface area (Å²) in [6, 6.07) is 29.5. The number of hydrogen-bond acceptors (Lipinski definition) is 3. The average molecular weight is 957 g/mol. The SMILES string of the molecule is [2H]c1c([2H])c([2H])c(-c2cccc(-c3c([2H])c([2H])c([2H])c([2H])c3[2H])c2-[n+]2[c-]n(-c3[c-]c(Oc4[c-]c5c(cn4)c4ccccc4n5-c4cc(C([2H])([2H])C(C)(C)C)ccn4)ccc3)c3ccccc32)c([2H])c1[2H].[Pt]. The zero-order valence-corrected chi connectivity index (χ0v) is 34.1. The molecule has 4 aromatic heterocycles. The molecule has 4 heterocycles. The molecule has 0 aliphatic rings. The quantitative estimate of drug-likeness (QED) is 0.113. The minimum Gasteiger partial charge on any atom is -0.484 e. The number of ether oxygens (including phenoxy) is 1. The van der Waals surface area contributed by atoms with Crippen molar-refractivity contribution in [3.8, 4) is 51.1 Å². The van der Waals surface area contributed by atoms with Crippen LogP contribution in [0.3, 0.4) is 0 Å². The molecule has 0 aliphatic heterocycles. The number of hydrogen-bond donors (Lipinski definition) is 0. The molecule has 6 aromatic carbocycles. The molecule has 59 heavy (non-hydrogen) atoms. The molecule has 0 radical (unpaired) electrons. The molecule has 0 saturated heterocycles. The van der Waals surface area contributed by atoms with Crippen molar-refractivity contribution in [2.24, 2.45) is 5.41 Å². The molecule has 10 rings (SSSR count). The molecule has 0 saturated carbocycles. The third kappa shape index (κ3) is 7.26. The number of para-hydroxylation sites is 4. The Bertz CT molecular complexity index is 3670. The number of imidazole rings is 1. The third-order valence-corrected chi connectivity index (χ3v) is 9.51. The standard InChI is InChI=1S/C52H39N5O.Pt/c1-52(2,3)33-36-28-29-53-49(30-36)57-45-25-11-10-22-43(45)44-34-54-50(32-48(44)57)58-40-21-14-20-39(31-40)55-35-56(47-27-13-12-26-46(47)55)51-41(37-16-6-4-7-17-37)23-15-24-42(51)38-18-8-5-9-19-38;/h4-30,34H,33H2,1-3H3;/q-2;/i4D,5D,6D,7D,8D,9D,16D,17D,18D,19D,33D2;. The first-order valence-electron chi connectivity index (χ1n) is 24.5. The van der Waals surface area contributed by atoms with Crippen molar-refractivity contribution in [3.63, 3.8) is 0 Å². The van der Waals surface area contributed by atoms with E-state index in [4.69, 9.17) is 21.2 Å². The summed E-state index contributed by atoms with van der Waals surface area (Å²) in [6.07, 6.45) is 4.98. The van der Waals surface area contributed by atoms with Crippen LogP contribution in [-0.4, -0.2) is 19.1 Å². The maximum atomic E-state index is 8.99. The predicted octanol–water partition coefficient (Wildman–Crippen LogP) is 11.9. The summed E-state index contributed by atoms with van der Waals surface area (Å²) in [6.45, 7) is 5.57. The van der Waals surface area contributed by atoms with Crippen LogP contribution in [0.1, 0.15) is 42.8 Å². The summed E-state index contributed by atoms with van der Waals surface area (Å²) in [4.78, 5) is 9.32. The fraction of sp³-hybridized carbons (Fsp3) is 0.0962. The number of aromatic nitrogens is 5. The zero-order valence-electron chi connectivity index (χ0n) is 43.9. The van der Waals surface area contributed by atoms with Gasteiger partial charge in [-0.3, -0.25) is 9.55 Å². The number of benzene rings is 6. The molecule has 10 aromatic rings. The van der Waals surface area contributed by atoms with Crippen molar-refractivity contribution in [3.05, 3.63) is 194 Å². The van der Waals surface area contributed by atoms with Crippen LogP contribution in [0.5, 0.6) is 11.6 Å². The summed E-state index contributed by atoms with van der Waals surface area (Å²) in [5, 5.41) is 1.66. The van der Waals surface area contributed by atoms with Crippen molar-refractivity contribution < 1.29 is 46.8 Å². The van der Waals surface area contributed by atoms with Gasteiger partial charge in [-0.1, -0.05) is 147 Å². The number of nitrogens with zero attached hydrogens (tertiary/aromatic N) is 5. The predicted molar refractivity (Wildman–Crippen MR) is 232 cm³/mol. The van der Waals surface area contributed by atoms with Crippen LogP contribution >= 0.6 is 0 Å². The first-order chi connectivity index (χ1) is 33.3. The molecule has 0 N–H and O–H groups in total. The number of fused-ring (bicyclic) bond motifs is 4. The van der Waals surface area contributed by atoms with Crippen molar-refractivity contribution in [1.29, 1.82) is 0 Å². The van der Waals surface area contributed by atoms with Gasteiger partial charge in [-0.15, -0.1) is 23.0 Å². The van der Waals surface area contributed by atoms with Gasteiger partial charge >= 0.3 is 0 Å². The molecule has 0 amide bonds. The molecule has 0 aliphatic carbocycles. The molecule has 0 fully saturated rings. The Hall–Kier alpha value is -6.62. The van der Waals surface area contributed by atoms with E-state index in [0.717, 1.165) is 16.3 Å². The monoisotopic (exact) mass is 956 g/mol. The van der Waals surface area contributed by atoms with Crippen molar-refractivity contribution in [2.75, 3.05) is 0 Å². The fourth-order valence-electron chi connectivity index (χ4n) is 7.21. The molecule has 7 heteroatoms. The van der Waals surface area contributed by atoms with Gasteiger partial charge < -0.3 is 13.9 Å². The van der Waals surface area contributed by atoms with Crippen LogP contribution < -0.4 is 9.30 Å². The third-order valence-electron chi connectivity index (χ3n) is 9.51. The Morgan fingerprint density at radius 1 is 0.729 bits per heavy atom. The maximum Gasteiger partial charge on any atom is 0.268 e. The molecule has 0 bridgehead atoms. The Balaban J connectivity index is 0.00000624. The molecular formula is C52H39N5OPt-2. The maximum absolute atomic E-state index is 8.99. The van der Waals surface area contributed by atoms with Crippen molar-refractivity contribution in [2.45, 2.75) is 27.1 Å². The average Bonchev–Trinajstić information content (AvgIpc) is 3.90. The fourth-order valence-corrected chi connectivity index (χ4v) is 7.21. The van der Waals surface area contributed by atoms with Gasteiger partial charge in [0.05, 0.1) is 30.4 Å². The van der Waals surface area contributed by atoms with Crippen LogP contribution in [0.2, 0.25) is 0 Å². The topological polar surface area (TPSA) is 48.8 Å². The van der Waals surface area contributed by atoms with E-state index in [9.17, 15) is 0 Å². The second-order valence-electron chi connectivity index (χ2n) is 14.5. The van der Waals surface area contributed by atoms with Gasteiger partial charge in [0.25, 0.3) is 6.33 Å². The van der Waals surface area contributed by atoms with Gasteiger partial charge in [0.1, 0.15) is 11.7 Å². The van der Waals surface area contributed by atoms with Crippen LogP contribution in [0.25, 0.3) is 72.3 Å². The van der Waals surface area contributed by atoms with Gasteiger partial charge in [-0.2, -0.15) is 18.2 Å². The molecule has 0 spiro atoms. The summed E-state index contributed by atoms with van der Waals surface area (Å²) in [5.41, 5.74) is 2.74. The minimum atomic E-state index is -1.67. The van der Waals surface area contributed by atoms with E-state index in [0.29, 0.717) is 33.6 Å².